The number of aliphatic carboxylic acids is 1. The van der Waals surface area contributed by atoms with Crippen LogP contribution in [0.15, 0.2) is 11.9 Å². The number of hydrogen-bond acceptors (Lipinski definition) is 3. The van der Waals surface area contributed by atoms with Gasteiger partial charge in [0.1, 0.15) is 5.83 Å². The van der Waals surface area contributed by atoms with E-state index in [4.69, 9.17) is 16.2 Å². The zero-order valence-corrected chi connectivity index (χ0v) is 8.59. The van der Waals surface area contributed by atoms with Gasteiger partial charge in [0, 0.05) is 6.54 Å². The van der Waals surface area contributed by atoms with Gasteiger partial charge in [0.25, 0.3) is 0 Å². The van der Waals surface area contributed by atoms with E-state index in [1.807, 2.05) is 0 Å². The molecule has 0 aliphatic rings. The molecule has 1 atom stereocenters. The fourth-order valence-corrected chi connectivity index (χ4v) is 0.863. The maximum atomic E-state index is 12.9. The molecular formula is C9H16FN3O2. The minimum atomic E-state index is -1.57. The van der Waals surface area contributed by atoms with Crippen molar-refractivity contribution >= 4 is 11.8 Å². The third-order valence-corrected chi connectivity index (χ3v) is 1.67. The molecule has 15 heavy (non-hydrogen) atoms. The van der Waals surface area contributed by atoms with Crippen LogP contribution in [0.5, 0.6) is 0 Å². The predicted octanol–water partition coefficient (Wildman–Crippen LogP) is 0.619. The number of rotatable bonds is 6. The van der Waals surface area contributed by atoms with Gasteiger partial charge in [-0.05, 0) is 19.8 Å². The molecule has 0 amide bonds. The molecule has 0 saturated carbocycles. The SMILES string of the molecule is CC(=N)NCCCC=C(F)C(N)C(=O)O. The van der Waals surface area contributed by atoms with Crippen LogP contribution in [-0.2, 0) is 4.79 Å². The van der Waals surface area contributed by atoms with E-state index in [-0.39, 0.29) is 0 Å². The lowest BCUT2D eigenvalue weighted by Crippen LogP contribution is -2.30. The summed E-state index contributed by atoms with van der Waals surface area (Å²) in [7, 11) is 0. The average molecular weight is 217 g/mol. The zero-order valence-electron chi connectivity index (χ0n) is 8.59. The van der Waals surface area contributed by atoms with Gasteiger partial charge in [0.2, 0.25) is 0 Å². The lowest BCUT2D eigenvalue weighted by atomic mass is 10.2. The smallest absolute Gasteiger partial charge is 0.327 e. The van der Waals surface area contributed by atoms with Crippen molar-refractivity contribution < 1.29 is 14.3 Å². The monoisotopic (exact) mass is 217 g/mol. The molecule has 1 unspecified atom stereocenters. The van der Waals surface area contributed by atoms with Crippen LogP contribution in [0.1, 0.15) is 19.8 Å². The summed E-state index contributed by atoms with van der Waals surface area (Å²) in [5.74, 6) is -1.85. The molecule has 6 heteroatoms. The summed E-state index contributed by atoms with van der Waals surface area (Å²) >= 11 is 0. The molecule has 5 nitrogen and oxygen atoms in total. The Balaban J connectivity index is 3.76. The lowest BCUT2D eigenvalue weighted by molar-refractivity contribution is -0.137. The number of amidine groups is 1. The van der Waals surface area contributed by atoms with Crippen LogP contribution in [-0.4, -0.2) is 29.5 Å². The van der Waals surface area contributed by atoms with Crippen LogP contribution in [0.25, 0.3) is 0 Å². The minimum absolute atomic E-state index is 0.349. The molecule has 0 aromatic heterocycles. The number of unbranched alkanes of at least 4 members (excludes halogenated alkanes) is 1. The standard InChI is InChI=1S/C9H16FN3O2/c1-6(11)13-5-3-2-4-7(10)8(12)9(14)15/h4,8H,2-3,5,12H2,1H3,(H2,11,13)(H,14,15). The Morgan fingerprint density at radius 3 is 2.80 bits per heavy atom. The Labute approximate surface area is 87.7 Å². The van der Waals surface area contributed by atoms with E-state index in [1.165, 1.54) is 6.08 Å². The highest BCUT2D eigenvalue weighted by molar-refractivity contribution is 5.76. The number of nitrogens with one attached hydrogen (secondary N) is 2. The van der Waals surface area contributed by atoms with Crippen LogP contribution in [0.4, 0.5) is 4.39 Å². The molecule has 0 spiro atoms. The molecule has 0 aliphatic carbocycles. The summed E-state index contributed by atoms with van der Waals surface area (Å²) in [4.78, 5) is 10.3. The molecule has 0 aromatic rings. The molecule has 0 bridgehead atoms. The van der Waals surface area contributed by atoms with Crippen molar-refractivity contribution in [3.8, 4) is 0 Å². The van der Waals surface area contributed by atoms with Gasteiger partial charge in [0.15, 0.2) is 6.04 Å². The van der Waals surface area contributed by atoms with Gasteiger partial charge >= 0.3 is 5.97 Å². The van der Waals surface area contributed by atoms with Crippen molar-refractivity contribution in [3.63, 3.8) is 0 Å². The summed E-state index contributed by atoms with van der Waals surface area (Å²) in [5, 5.41) is 18.2. The molecule has 86 valence electrons. The molecular weight excluding hydrogens is 201 g/mol. The van der Waals surface area contributed by atoms with E-state index >= 15 is 0 Å². The van der Waals surface area contributed by atoms with E-state index in [2.05, 4.69) is 5.32 Å². The summed E-state index contributed by atoms with van der Waals surface area (Å²) < 4.78 is 12.9. The van der Waals surface area contributed by atoms with E-state index in [0.29, 0.717) is 25.2 Å². The lowest BCUT2D eigenvalue weighted by Gasteiger charge is -2.04. The van der Waals surface area contributed by atoms with Gasteiger partial charge in [-0.25, -0.2) is 4.39 Å². The van der Waals surface area contributed by atoms with Gasteiger partial charge in [-0.3, -0.25) is 10.2 Å². The molecule has 0 aromatic carbocycles. The number of carboxylic acids is 1. The fraction of sp³-hybridized carbons (Fsp3) is 0.556. The van der Waals surface area contributed by atoms with Gasteiger partial charge in [-0.15, -0.1) is 0 Å². The number of carboxylic acid groups (broad SMARTS) is 1. The van der Waals surface area contributed by atoms with E-state index < -0.39 is 17.8 Å². The quantitative estimate of drug-likeness (QED) is 0.298. The zero-order chi connectivity index (χ0) is 11.8. The normalized spacial score (nSPS) is 13.4. The van der Waals surface area contributed by atoms with Crippen molar-refractivity contribution in [1.82, 2.24) is 5.32 Å². The maximum Gasteiger partial charge on any atom is 0.327 e. The van der Waals surface area contributed by atoms with E-state index in [9.17, 15) is 9.18 Å². The Bertz CT molecular complexity index is 266. The summed E-state index contributed by atoms with van der Waals surface area (Å²) in [6.45, 7) is 2.16. The first-order valence-electron chi connectivity index (χ1n) is 4.58. The Morgan fingerprint density at radius 2 is 2.33 bits per heavy atom. The van der Waals surface area contributed by atoms with Gasteiger partial charge < -0.3 is 16.2 Å². The number of nitrogens with two attached hydrogens (primary N) is 1. The van der Waals surface area contributed by atoms with Crippen LogP contribution in [0, 0.1) is 5.41 Å². The Kier molecular flexibility index (Phi) is 6.28. The van der Waals surface area contributed by atoms with Crippen molar-refractivity contribution in [2.24, 2.45) is 5.73 Å². The average Bonchev–Trinajstić information content (AvgIpc) is 2.15. The molecule has 0 radical (unpaired) electrons. The molecule has 5 N–H and O–H groups in total. The first-order valence-corrected chi connectivity index (χ1v) is 4.58. The second kappa shape index (κ2) is 6.94. The topological polar surface area (TPSA) is 99.2 Å². The van der Waals surface area contributed by atoms with Gasteiger partial charge in [0.05, 0.1) is 5.84 Å². The van der Waals surface area contributed by atoms with Crippen molar-refractivity contribution in [1.29, 1.82) is 5.41 Å². The summed E-state index contributed by atoms with van der Waals surface area (Å²) in [5.41, 5.74) is 5.03. The highest BCUT2D eigenvalue weighted by Crippen LogP contribution is 2.04. The third-order valence-electron chi connectivity index (χ3n) is 1.67. The summed E-state index contributed by atoms with van der Waals surface area (Å²) in [6, 6.07) is -1.57. The van der Waals surface area contributed by atoms with Gasteiger partial charge in [-0.1, -0.05) is 6.08 Å². The van der Waals surface area contributed by atoms with E-state index in [1.54, 1.807) is 6.92 Å². The summed E-state index contributed by atoms with van der Waals surface area (Å²) in [6.07, 6.45) is 2.18. The molecule has 0 rings (SSSR count). The first-order chi connectivity index (χ1) is 6.95. The Hall–Kier alpha value is -1.43. The molecule has 0 fully saturated rings. The van der Waals surface area contributed by atoms with Gasteiger partial charge in [-0.2, -0.15) is 0 Å². The van der Waals surface area contributed by atoms with Crippen molar-refractivity contribution in [2.75, 3.05) is 6.54 Å². The number of carbonyl (C=O) groups is 1. The van der Waals surface area contributed by atoms with Crippen molar-refractivity contribution in [2.45, 2.75) is 25.8 Å². The highest BCUT2D eigenvalue weighted by Gasteiger charge is 2.16. The maximum absolute atomic E-state index is 12.9. The molecule has 0 heterocycles. The van der Waals surface area contributed by atoms with E-state index in [0.717, 1.165) is 0 Å². The number of hydrogen-bond donors (Lipinski definition) is 4. The third kappa shape index (κ3) is 6.62. The minimum Gasteiger partial charge on any atom is -0.480 e. The van der Waals surface area contributed by atoms with Crippen LogP contribution >= 0.6 is 0 Å². The van der Waals surface area contributed by atoms with Crippen LogP contribution < -0.4 is 11.1 Å². The second-order valence-corrected chi connectivity index (χ2v) is 3.10. The van der Waals surface area contributed by atoms with Crippen molar-refractivity contribution in [3.05, 3.63) is 11.9 Å². The second-order valence-electron chi connectivity index (χ2n) is 3.10. The van der Waals surface area contributed by atoms with Crippen LogP contribution in [0.3, 0.4) is 0 Å². The molecule has 0 saturated heterocycles. The Morgan fingerprint density at radius 1 is 1.73 bits per heavy atom. The molecule has 0 aliphatic heterocycles. The number of halogens is 1. The van der Waals surface area contributed by atoms with Crippen LogP contribution in [0.2, 0.25) is 0 Å². The fourth-order valence-electron chi connectivity index (χ4n) is 0.863. The first kappa shape index (κ1) is 13.6. The predicted molar refractivity (Wildman–Crippen MR) is 55.4 cm³/mol. The largest absolute Gasteiger partial charge is 0.480 e. The number of allylic oxidation sites excluding steroid dienone is 1. The highest BCUT2D eigenvalue weighted by atomic mass is 19.1.